The third kappa shape index (κ3) is 8.86. The second-order valence-electron chi connectivity index (χ2n) is 8.67. The van der Waals surface area contributed by atoms with Crippen LogP contribution in [0, 0.1) is 70.7 Å². The van der Waals surface area contributed by atoms with E-state index in [4.69, 9.17) is 0 Å². The first kappa shape index (κ1) is 25.8. The molecule has 3 aromatic rings. The van der Waals surface area contributed by atoms with Crippen LogP contribution in [-0.2, 0) is 0 Å². The van der Waals surface area contributed by atoms with Crippen LogP contribution in [0.25, 0.3) is 0 Å². The lowest BCUT2D eigenvalue weighted by molar-refractivity contribution is 0.238. The highest BCUT2D eigenvalue weighted by atomic mass is 28.3. The maximum atomic E-state index is 10.5. The minimum absolute atomic E-state index is 0.636. The number of hydrogen-bond acceptors (Lipinski definition) is 1. The van der Waals surface area contributed by atoms with Gasteiger partial charge in [0, 0.05) is 27.8 Å². The summed E-state index contributed by atoms with van der Waals surface area (Å²) in [6.45, 7) is 6.44. The molecule has 1 nitrogen and oxygen atoms in total. The molecular formula is C34H24OSi. The van der Waals surface area contributed by atoms with Crippen molar-refractivity contribution in [2.24, 2.45) is 0 Å². The van der Waals surface area contributed by atoms with E-state index in [0.717, 1.165) is 16.7 Å². The van der Waals surface area contributed by atoms with Gasteiger partial charge in [0.1, 0.15) is 14.2 Å². The van der Waals surface area contributed by atoms with E-state index in [-0.39, 0.29) is 0 Å². The van der Waals surface area contributed by atoms with Crippen molar-refractivity contribution in [2.45, 2.75) is 25.7 Å². The second-order valence-corrected chi connectivity index (χ2v) is 13.4. The van der Waals surface area contributed by atoms with Crippen LogP contribution in [0.15, 0.2) is 78.9 Å². The third-order valence-electron chi connectivity index (χ3n) is 4.59. The van der Waals surface area contributed by atoms with Crippen LogP contribution >= 0.6 is 0 Å². The fraction of sp³-hybridized carbons (Fsp3) is 0.118. The lowest BCUT2D eigenvalue weighted by atomic mass is 10.0. The molecular weight excluding hydrogens is 452 g/mol. The Balaban J connectivity index is 1.77. The zero-order valence-corrected chi connectivity index (χ0v) is 21.5. The predicted octanol–water partition coefficient (Wildman–Crippen LogP) is 5.41. The molecule has 0 bridgehead atoms. The molecule has 0 aliphatic carbocycles. The van der Waals surface area contributed by atoms with Crippen LogP contribution in [0.4, 0.5) is 0 Å². The van der Waals surface area contributed by atoms with Crippen LogP contribution in [0.2, 0.25) is 19.6 Å². The van der Waals surface area contributed by atoms with E-state index < -0.39 is 14.2 Å². The van der Waals surface area contributed by atoms with Crippen molar-refractivity contribution in [3.8, 4) is 70.7 Å². The van der Waals surface area contributed by atoms with Crippen molar-refractivity contribution >= 4 is 8.07 Å². The molecule has 2 heteroatoms. The van der Waals surface area contributed by atoms with Gasteiger partial charge in [-0.05, 0) is 65.9 Å². The van der Waals surface area contributed by atoms with Gasteiger partial charge in [-0.25, -0.2) is 0 Å². The molecule has 1 N–H and O–H groups in total. The van der Waals surface area contributed by atoms with E-state index in [2.05, 4.69) is 90.3 Å². The van der Waals surface area contributed by atoms with E-state index in [1.165, 1.54) is 0 Å². The average molecular weight is 477 g/mol. The molecule has 0 saturated heterocycles. The minimum Gasteiger partial charge on any atom is -0.376 e. The standard InChI is InChI=1S/C34H24OSi/c1-36(2,3)28-16-15-27-34(35)33-26-14-13-25-32(33)24-12-11-23-31-22-10-9-21-30(31)20-8-7-19-29-17-5-4-6-18-29/h4-6,9-10,13-14,17-18,21-22,25-26,34-35H,1-3H3. The molecule has 0 amide bonds. The van der Waals surface area contributed by atoms with Crippen molar-refractivity contribution in [3.05, 3.63) is 107 Å². The van der Waals surface area contributed by atoms with Crippen LogP contribution in [0.5, 0.6) is 0 Å². The van der Waals surface area contributed by atoms with Crippen molar-refractivity contribution in [1.29, 1.82) is 0 Å². The molecule has 0 fully saturated rings. The monoisotopic (exact) mass is 476 g/mol. The summed E-state index contributed by atoms with van der Waals surface area (Å²) in [5.74, 6) is 32.2. The van der Waals surface area contributed by atoms with Crippen molar-refractivity contribution in [2.75, 3.05) is 0 Å². The predicted molar refractivity (Wildman–Crippen MR) is 151 cm³/mol. The molecule has 3 rings (SSSR count). The summed E-state index contributed by atoms with van der Waals surface area (Å²) < 4.78 is 0. The second kappa shape index (κ2) is 13.2. The Labute approximate surface area is 216 Å². The molecule has 36 heavy (non-hydrogen) atoms. The molecule has 170 valence electrons. The Morgan fingerprint density at radius 3 is 1.67 bits per heavy atom. The third-order valence-corrected chi connectivity index (χ3v) is 5.46. The van der Waals surface area contributed by atoms with Gasteiger partial charge < -0.3 is 5.11 Å². The van der Waals surface area contributed by atoms with Crippen molar-refractivity contribution in [3.63, 3.8) is 0 Å². The normalized spacial score (nSPS) is 9.89. The van der Waals surface area contributed by atoms with E-state index in [9.17, 15) is 5.11 Å². The van der Waals surface area contributed by atoms with E-state index in [0.29, 0.717) is 11.1 Å². The quantitative estimate of drug-likeness (QED) is 0.368. The lowest BCUT2D eigenvalue weighted by Crippen LogP contribution is -2.16. The zero-order valence-electron chi connectivity index (χ0n) is 20.5. The molecule has 1 unspecified atom stereocenters. The zero-order chi connectivity index (χ0) is 25.6. The van der Waals surface area contributed by atoms with Crippen molar-refractivity contribution in [1.82, 2.24) is 0 Å². The van der Waals surface area contributed by atoms with Crippen LogP contribution < -0.4 is 0 Å². The minimum atomic E-state index is -1.50. The fourth-order valence-corrected chi connectivity index (χ4v) is 3.31. The fourth-order valence-electron chi connectivity index (χ4n) is 2.87. The number of aliphatic hydroxyl groups is 1. The summed E-state index contributed by atoms with van der Waals surface area (Å²) in [6, 6.07) is 24.7. The molecule has 0 saturated carbocycles. The van der Waals surface area contributed by atoms with Gasteiger partial charge in [0.25, 0.3) is 0 Å². The van der Waals surface area contributed by atoms with E-state index in [1.54, 1.807) is 0 Å². The van der Waals surface area contributed by atoms with Gasteiger partial charge in [0.05, 0.1) is 0 Å². The summed E-state index contributed by atoms with van der Waals surface area (Å²) in [4.78, 5) is 0. The largest absolute Gasteiger partial charge is 0.376 e. The van der Waals surface area contributed by atoms with E-state index >= 15 is 0 Å². The first-order valence-corrected chi connectivity index (χ1v) is 14.9. The Morgan fingerprint density at radius 1 is 0.556 bits per heavy atom. The highest BCUT2D eigenvalue weighted by Gasteiger charge is 2.08. The van der Waals surface area contributed by atoms with Gasteiger partial charge in [0.2, 0.25) is 0 Å². The summed E-state index contributed by atoms with van der Waals surface area (Å²) in [7, 11) is -1.50. The first-order chi connectivity index (χ1) is 17.4. The van der Waals surface area contributed by atoms with Gasteiger partial charge in [-0.2, -0.15) is 0 Å². The average Bonchev–Trinajstić information content (AvgIpc) is 2.88. The molecule has 0 aliphatic rings. The summed E-state index contributed by atoms with van der Waals surface area (Å²) in [5, 5.41) is 10.5. The summed E-state index contributed by atoms with van der Waals surface area (Å²) in [5.41, 5.74) is 6.98. The van der Waals surface area contributed by atoms with Crippen LogP contribution in [-0.4, -0.2) is 13.2 Å². The van der Waals surface area contributed by atoms with Crippen LogP contribution in [0.3, 0.4) is 0 Å². The Morgan fingerprint density at radius 2 is 1.06 bits per heavy atom. The van der Waals surface area contributed by atoms with Crippen molar-refractivity contribution < 1.29 is 5.11 Å². The number of aliphatic hydroxyl groups excluding tert-OH is 1. The number of benzene rings is 3. The first-order valence-electron chi connectivity index (χ1n) is 11.4. The Kier molecular flexibility index (Phi) is 9.45. The lowest BCUT2D eigenvalue weighted by Gasteiger charge is -2.05. The smallest absolute Gasteiger partial charge is 0.142 e. The van der Waals surface area contributed by atoms with Gasteiger partial charge in [-0.3, -0.25) is 0 Å². The number of hydrogen-bond donors (Lipinski definition) is 1. The topological polar surface area (TPSA) is 20.2 Å². The maximum absolute atomic E-state index is 10.5. The highest BCUT2D eigenvalue weighted by molar-refractivity contribution is 6.83. The van der Waals surface area contributed by atoms with Gasteiger partial charge in [0.15, 0.2) is 0 Å². The highest BCUT2D eigenvalue weighted by Crippen LogP contribution is 2.16. The molecule has 0 spiro atoms. The molecule has 0 aromatic heterocycles. The van der Waals surface area contributed by atoms with Crippen LogP contribution in [0.1, 0.15) is 33.9 Å². The maximum Gasteiger partial charge on any atom is 0.142 e. The Bertz CT molecular complexity index is 1600. The Hall–Kier alpha value is -4.80. The summed E-state index contributed by atoms with van der Waals surface area (Å²) in [6.07, 6.45) is -0.965. The molecule has 1 atom stereocenters. The van der Waals surface area contributed by atoms with Gasteiger partial charge >= 0.3 is 0 Å². The molecule has 0 radical (unpaired) electrons. The van der Waals surface area contributed by atoms with Gasteiger partial charge in [-0.1, -0.05) is 97.8 Å². The number of rotatable bonds is 1. The molecule has 0 aliphatic heterocycles. The van der Waals surface area contributed by atoms with Gasteiger partial charge in [-0.15, -0.1) is 5.54 Å². The molecule has 0 heterocycles. The summed E-state index contributed by atoms with van der Waals surface area (Å²) >= 11 is 0. The van der Waals surface area contributed by atoms with E-state index in [1.807, 2.05) is 78.9 Å². The SMILES string of the molecule is C[Si](C)(C)C#CC#CC(O)c1ccccc1C#CC#Cc1ccccc1C#CC#Cc1ccccc1. The molecule has 3 aromatic carbocycles.